The second-order valence-corrected chi connectivity index (χ2v) is 6.65. The largest absolute Gasteiger partial charge is 0.481 e. The maximum atomic E-state index is 11.4. The van der Waals surface area contributed by atoms with E-state index >= 15 is 0 Å². The van der Waals surface area contributed by atoms with Gasteiger partial charge in [0.05, 0.1) is 6.42 Å². The number of unbranched alkanes of at least 4 members (excludes halogenated alkanes) is 3. The van der Waals surface area contributed by atoms with E-state index in [-0.39, 0.29) is 12.3 Å². The Morgan fingerprint density at radius 1 is 1.06 bits per heavy atom. The van der Waals surface area contributed by atoms with Crippen molar-refractivity contribution in [3.05, 3.63) is 0 Å². The zero-order valence-electron chi connectivity index (χ0n) is 10.9. The molecular weight excluding hydrogens is 270 g/mol. The lowest BCUT2D eigenvalue weighted by Crippen LogP contribution is -2.25. The lowest BCUT2D eigenvalue weighted by molar-refractivity contribution is -0.136. The van der Waals surface area contributed by atoms with Gasteiger partial charge in [0, 0.05) is 24.5 Å². The number of hydrogen-bond donors (Lipinski definition) is 2. The van der Waals surface area contributed by atoms with Crippen molar-refractivity contribution < 1.29 is 14.7 Å². The van der Waals surface area contributed by atoms with Crippen LogP contribution >= 0.6 is 21.6 Å². The Labute approximate surface area is 117 Å². The molecule has 0 bridgehead atoms. The molecule has 0 heterocycles. The first-order valence-corrected chi connectivity index (χ1v) is 8.88. The average Bonchev–Trinajstić information content (AvgIpc) is 2.33. The topological polar surface area (TPSA) is 66.4 Å². The third-order valence-electron chi connectivity index (χ3n) is 2.25. The van der Waals surface area contributed by atoms with Gasteiger partial charge < -0.3 is 10.4 Å². The fourth-order valence-electron chi connectivity index (χ4n) is 1.28. The average molecular weight is 293 g/mol. The lowest BCUT2D eigenvalue weighted by atomic mass is 10.1. The van der Waals surface area contributed by atoms with Crippen molar-refractivity contribution in [1.29, 1.82) is 0 Å². The van der Waals surface area contributed by atoms with Crippen LogP contribution in [-0.2, 0) is 9.59 Å². The number of carboxylic acid groups (broad SMARTS) is 1. The first kappa shape index (κ1) is 17.6. The molecule has 0 unspecified atom stereocenters. The van der Waals surface area contributed by atoms with Crippen molar-refractivity contribution in [2.24, 2.45) is 0 Å². The first-order chi connectivity index (χ1) is 8.66. The van der Waals surface area contributed by atoms with E-state index in [9.17, 15) is 9.59 Å². The van der Waals surface area contributed by atoms with Gasteiger partial charge in [0.25, 0.3) is 0 Å². The minimum atomic E-state index is -0.761. The molecule has 0 aromatic rings. The van der Waals surface area contributed by atoms with Gasteiger partial charge in [0.2, 0.25) is 5.91 Å². The fourth-order valence-corrected chi connectivity index (χ4v) is 3.17. The molecule has 0 aliphatic heterocycles. The molecule has 1 amide bonds. The zero-order valence-corrected chi connectivity index (χ0v) is 12.6. The van der Waals surface area contributed by atoms with E-state index < -0.39 is 5.97 Å². The maximum Gasteiger partial charge on any atom is 0.304 e. The highest BCUT2D eigenvalue weighted by molar-refractivity contribution is 8.76. The smallest absolute Gasteiger partial charge is 0.304 e. The zero-order chi connectivity index (χ0) is 13.6. The van der Waals surface area contributed by atoms with E-state index in [1.165, 1.54) is 12.8 Å². The van der Waals surface area contributed by atoms with Gasteiger partial charge >= 0.3 is 5.97 Å². The molecule has 0 saturated carbocycles. The highest BCUT2D eigenvalue weighted by Crippen LogP contribution is 2.20. The van der Waals surface area contributed by atoms with E-state index in [1.807, 2.05) is 0 Å². The van der Waals surface area contributed by atoms with E-state index in [2.05, 4.69) is 12.2 Å². The monoisotopic (exact) mass is 293 g/mol. The number of nitrogens with one attached hydrogen (secondary N) is 1. The van der Waals surface area contributed by atoms with Crippen LogP contribution in [0.15, 0.2) is 0 Å². The lowest BCUT2D eigenvalue weighted by Gasteiger charge is -2.04. The molecule has 0 rings (SSSR count). The summed E-state index contributed by atoms with van der Waals surface area (Å²) >= 11 is 0. The fraction of sp³-hybridized carbons (Fsp3) is 0.833. The van der Waals surface area contributed by atoms with E-state index in [0.29, 0.717) is 18.7 Å². The number of carboxylic acids is 1. The Morgan fingerprint density at radius 2 is 1.78 bits per heavy atom. The van der Waals surface area contributed by atoms with Gasteiger partial charge in [-0.3, -0.25) is 9.59 Å². The Hall–Kier alpha value is -0.360. The van der Waals surface area contributed by atoms with Crippen LogP contribution in [0.4, 0.5) is 0 Å². The van der Waals surface area contributed by atoms with Gasteiger partial charge in [0.15, 0.2) is 0 Å². The third-order valence-corrected chi connectivity index (χ3v) is 4.66. The maximum absolute atomic E-state index is 11.4. The van der Waals surface area contributed by atoms with E-state index in [4.69, 9.17) is 5.11 Å². The van der Waals surface area contributed by atoms with Gasteiger partial charge in [-0.2, -0.15) is 0 Å². The van der Waals surface area contributed by atoms with Crippen LogP contribution in [0.1, 0.15) is 45.4 Å². The van der Waals surface area contributed by atoms with Crippen LogP contribution in [0, 0.1) is 0 Å². The van der Waals surface area contributed by atoms with Crippen LogP contribution in [0.25, 0.3) is 0 Å². The van der Waals surface area contributed by atoms with Crippen molar-refractivity contribution in [2.75, 3.05) is 18.1 Å². The number of amides is 1. The summed E-state index contributed by atoms with van der Waals surface area (Å²) in [5, 5.41) is 11.3. The summed E-state index contributed by atoms with van der Waals surface area (Å²) in [6.45, 7) is 2.82. The number of aliphatic carboxylic acids is 1. The Kier molecular flexibility index (Phi) is 12.8. The van der Waals surface area contributed by atoms with Crippen LogP contribution in [0.2, 0.25) is 0 Å². The number of carbonyl (C=O) groups excluding carboxylic acids is 1. The Balaban J connectivity index is 3.17. The molecule has 2 N–H and O–H groups in total. The third kappa shape index (κ3) is 13.7. The summed E-state index contributed by atoms with van der Waals surface area (Å²) in [5.41, 5.74) is 0. The number of carbonyl (C=O) groups is 2. The summed E-state index contributed by atoms with van der Waals surface area (Å²) in [7, 11) is 3.15. The normalized spacial score (nSPS) is 10.3. The highest BCUT2D eigenvalue weighted by atomic mass is 33.1. The summed E-state index contributed by atoms with van der Waals surface area (Å²) < 4.78 is 0. The molecule has 4 nitrogen and oxygen atoms in total. The van der Waals surface area contributed by atoms with Gasteiger partial charge in [-0.05, 0) is 6.42 Å². The van der Waals surface area contributed by atoms with Crippen LogP contribution < -0.4 is 5.32 Å². The van der Waals surface area contributed by atoms with Crippen molar-refractivity contribution >= 4 is 33.5 Å². The van der Waals surface area contributed by atoms with E-state index in [1.54, 1.807) is 21.6 Å². The minimum absolute atomic E-state index is 0.127. The molecule has 0 aromatic carbocycles. The number of hydrogen-bond acceptors (Lipinski definition) is 4. The van der Waals surface area contributed by atoms with Gasteiger partial charge in [-0.15, -0.1) is 0 Å². The summed E-state index contributed by atoms with van der Waals surface area (Å²) in [6, 6.07) is 0. The molecule has 0 fully saturated rings. The van der Waals surface area contributed by atoms with Crippen molar-refractivity contribution in [3.63, 3.8) is 0 Å². The minimum Gasteiger partial charge on any atom is -0.481 e. The van der Waals surface area contributed by atoms with Gasteiger partial charge in [0.1, 0.15) is 0 Å². The molecule has 18 heavy (non-hydrogen) atoms. The van der Waals surface area contributed by atoms with Crippen molar-refractivity contribution in [1.82, 2.24) is 5.32 Å². The Bertz CT molecular complexity index is 237. The Morgan fingerprint density at radius 3 is 2.44 bits per heavy atom. The van der Waals surface area contributed by atoms with Crippen molar-refractivity contribution in [3.8, 4) is 0 Å². The van der Waals surface area contributed by atoms with E-state index in [0.717, 1.165) is 18.6 Å². The molecule has 0 spiro atoms. The van der Waals surface area contributed by atoms with Gasteiger partial charge in [-0.1, -0.05) is 47.8 Å². The molecule has 0 radical (unpaired) electrons. The summed E-state index contributed by atoms with van der Waals surface area (Å²) in [6.07, 6.45) is 5.30. The predicted molar refractivity (Wildman–Crippen MR) is 78.9 cm³/mol. The standard InChI is InChI=1S/C12H23NO3S2/c1-2-3-4-5-6-11(14)13-8-10-18-17-9-7-12(15)16/h2-10H2,1H3,(H,13,14)(H,15,16). The SMILES string of the molecule is CCCCCCC(=O)NCCSSCCC(=O)O. The molecule has 106 valence electrons. The quantitative estimate of drug-likeness (QED) is 0.428. The highest BCUT2D eigenvalue weighted by Gasteiger charge is 2.01. The second-order valence-electron chi connectivity index (χ2n) is 3.95. The van der Waals surface area contributed by atoms with Gasteiger partial charge in [-0.25, -0.2) is 0 Å². The molecule has 0 aliphatic carbocycles. The molecule has 0 saturated heterocycles. The molecule has 0 aromatic heterocycles. The predicted octanol–water partition coefficient (Wildman–Crippen LogP) is 2.93. The molecule has 6 heteroatoms. The van der Waals surface area contributed by atoms with Crippen LogP contribution in [-0.4, -0.2) is 35.0 Å². The summed E-state index contributed by atoms with van der Waals surface area (Å²) in [4.78, 5) is 21.6. The molecule has 0 aliphatic rings. The van der Waals surface area contributed by atoms with Crippen molar-refractivity contribution in [2.45, 2.75) is 45.4 Å². The molecular formula is C12H23NO3S2. The van der Waals surface area contributed by atoms with Crippen LogP contribution in [0.5, 0.6) is 0 Å². The number of rotatable bonds is 12. The van der Waals surface area contributed by atoms with Crippen LogP contribution in [0.3, 0.4) is 0 Å². The molecule has 0 atom stereocenters. The second kappa shape index (κ2) is 13.1. The first-order valence-electron chi connectivity index (χ1n) is 6.39. The summed E-state index contributed by atoms with van der Waals surface area (Å²) in [5.74, 6) is 0.807.